The van der Waals surface area contributed by atoms with Crippen LogP contribution in [0.1, 0.15) is 47.2 Å². The van der Waals surface area contributed by atoms with Crippen molar-refractivity contribution in [3.05, 3.63) is 156 Å². The summed E-state index contributed by atoms with van der Waals surface area (Å²) in [4.78, 5) is 0. The third-order valence-electron chi connectivity index (χ3n) is 12.5. The molecule has 8 aromatic rings. The summed E-state index contributed by atoms with van der Waals surface area (Å²) in [5.41, 5.74) is 15.5. The van der Waals surface area contributed by atoms with Crippen LogP contribution in [0.5, 0.6) is 0 Å². The molecule has 2 aliphatic carbocycles. The van der Waals surface area contributed by atoms with Gasteiger partial charge < -0.3 is 9.13 Å². The number of fused-ring (bicyclic) bond motifs is 8. The van der Waals surface area contributed by atoms with Crippen LogP contribution >= 0.6 is 0 Å². The quantitative estimate of drug-likeness (QED) is 0.168. The molecule has 240 valence electrons. The molecular formula is C46H42N2Si. The summed E-state index contributed by atoms with van der Waals surface area (Å²) in [7, 11) is -1.91. The monoisotopic (exact) mass is 650 g/mol. The Balaban J connectivity index is 1.12. The van der Waals surface area contributed by atoms with Gasteiger partial charge in [0.2, 0.25) is 0 Å². The first-order valence-electron chi connectivity index (χ1n) is 18.1. The standard InChI is InChI=1S/C46H42N2Si/c1-29-27-37-35(19-13-25-43(37)47-39-21-9-5-15-31(39)32-16-6-10-22-40(32)47)45(29)49(3,4)46-30(2)28-38-36(46)20-14-26-44(38)48-41-23-11-7-17-33(41)34-18-8-12-24-42(34)48/h5-26,29-30,45-46H,27-28H2,1-4H3. The van der Waals surface area contributed by atoms with Gasteiger partial charge in [0, 0.05) is 32.9 Å². The molecule has 3 heteroatoms. The predicted molar refractivity (Wildman–Crippen MR) is 210 cm³/mol. The normalized spacial score (nSPS) is 20.5. The van der Waals surface area contributed by atoms with Crippen LogP contribution in [-0.4, -0.2) is 17.2 Å². The van der Waals surface area contributed by atoms with E-state index in [9.17, 15) is 0 Å². The summed E-state index contributed by atoms with van der Waals surface area (Å²) < 4.78 is 5.11. The van der Waals surface area contributed by atoms with E-state index in [0.717, 1.165) is 12.8 Å². The van der Waals surface area contributed by atoms with Gasteiger partial charge in [-0.15, -0.1) is 0 Å². The predicted octanol–water partition coefficient (Wildman–Crippen LogP) is 11.9. The fourth-order valence-corrected chi connectivity index (χ4v) is 16.6. The molecule has 10 rings (SSSR count). The molecule has 0 N–H and O–H groups in total. The number of hydrogen-bond acceptors (Lipinski definition) is 0. The van der Waals surface area contributed by atoms with E-state index < -0.39 is 8.07 Å². The van der Waals surface area contributed by atoms with Crippen LogP contribution in [0, 0.1) is 11.8 Å². The SMILES string of the molecule is CC1Cc2c(cccc2-n2c3ccccc3c3ccccc32)C1[Si](C)(C)C1c2cccc(-n3c4ccccc4c4ccccc43)c2CC1C. The van der Waals surface area contributed by atoms with Crippen molar-refractivity contribution >= 4 is 51.7 Å². The first kappa shape index (κ1) is 29.1. The number of rotatable bonds is 4. The second-order valence-corrected chi connectivity index (χ2v) is 20.5. The molecule has 0 spiro atoms. The second kappa shape index (κ2) is 10.6. The Bertz CT molecular complexity index is 2310. The molecule has 4 unspecified atom stereocenters. The molecule has 0 saturated carbocycles. The number of nitrogens with zero attached hydrogens (tertiary/aromatic N) is 2. The average Bonchev–Trinajstić information content (AvgIpc) is 3.85. The molecule has 49 heavy (non-hydrogen) atoms. The summed E-state index contributed by atoms with van der Waals surface area (Å²) >= 11 is 0. The van der Waals surface area contributed by atoms with E-state index in [0.29, 0.717) is 22.9 Å². The fraction of sp³-hybridized carbons (Fsp3) is 0.217. The lowest BCUT2D eigenvalue weighted by Gasteiger charge is -2.41. The Kier molecular flexibility index (Phi) is 6.27. The number of benzene rings is 6. The molecule has 2 aromatic heterocycles. The second-order valence-electron chi connectivity index (χ2n) is 15.6. The van der Waals surface area contributed by atoms with Gasteiger partial charge in [0.15, 0.2) is 0 Å². The van der Waals surface area contributed by atoms with Crippen LogP contribution in [-0.2, 0) is 12.8 Å². The third kappa shape index (κ3) is 4.00. The van der Waals surface area contributed by atoms with Crippen LogP contribution < -0.4 is 0 Å². The number of hydrogen-bond donors (Lipinski definition) is 0. The average molecular weight is 651 g/mol. The Morgan fingerprint density at radius 2 is 0.755 bits per heavy atom. The molecule has 2 heterocycles. The van der Waals surface area contributed by atoms with Crippen molar-refractivity contribution in [2.75, 3.05) is 0 Å². The lowest BCUT2D eigenvalue weighted by atomic mass is 10.1. The lowest BCUT2D eigenvalue weighted by Crippen LogP contribution is -2.45. The summed E-state index contributed by atoms with van der Waals surface area (Å²) in [6.07, 6.45) is 2.28. The summed E-state index contributed by atoms with van der Waals surface area (Å²) in [5, 5.41) is 5.35. The Hall–Kier alpha value is -4.86. The van der Waals surface area contributed by atoms with Crippen molar-refractivity contribution in [3.63, 3.8) is 0 Å². The van der Waals surface area contributed by atoms with Gasteiger partial charge in [0.25, 0.3) is 0 Å². The smallest absolute Gasteiger partial charge is 0.0634 e. The highest BCUT2D eigenvalue weighted by Gasteiger charge is 2.51. The van der Waals surface area contributed by atoms with E-state index in [1.807, 2.05) is 0 Å². The molecule has 0 bridgehead atoms. The van der Waals surface area contributed by atoms with E-state index in [1.54, 1.807) is 22.3 Å². The van der Waals surface area contributed by atoms with Crippen LogP contribution in [0.4, 0.5) is 0 Å². The zero-order valence-electron chi connectivity index (χ0n) is 28.8. The molecule has 2 nitrogen and oxygen atoms in total. The van der Waals surface area contributed by atoms with Crippen molar-refractivity contribution in [1.82, 2.24) is 9.13 Å². The minimum Gasteiger partial charge on any atom is -0.309 e. The summed E-state index contributed by atoms with van der Waals surface area (Å²) in [6.45, 7) is 10.5. The Morgan fingerprint density at radius 3 is 1.10 bits per heavy atom. The topological polar surface area (TPSA) is 9.86 Å². The van der Waals surface area contributed by atoms with E-state index >= 15 is 0 Å². The minimum absolute atomic E-state index is 0.603. The van der Waals surface area contributed by atoms with E-state index in [-0.39, 0.29) is 0 Å². The van der Waals surface area contributed by atoms with Crippen molar-refractivity contribution < 1.29 is 0 Å². The lowest BCUT2D eigenvalue weighted by molar-refractivity contribution is 0.543. The van der Waals surface area contributed by atoms with Gasteiger partial charge in [-0.3, -0.25) is 0 Å². The van der Waals surface area contributed by atoms with Gasteiger partial charge in [-0.05, 0) is 94.4 Å². The first-order chi connectivity index (χ1) is 23.9. The molecule has 4 atom stereocenters. The maximum absolute atomic E-state index is 2.72. The molecule has 0 aliphatic heterocycles. The van der Waals surface area contributed by atoms with Crippen molar-refractivity contribution in [3.8, 4) is 11.4 Å². The van der Waals surface area contributed by atoms with Gasteiger partial charge in [0.05, 0.1) is 30.1 Å². The van der Waals surface area contributed by atoms with Gasteiger partial charge in [-0.1, -0.05) is 124 Å². The van der Waals surface area contributed by atoms with Crippen LogP contribution in [0.25, 0.3) is 55.0 Å². The van der Waals surface area contributed by atoms with Crippen molar-refractivity contribution in [1.29, 1.82) is 0 Å². The van der Waals surface area contributed by atoms with E-state index in [4.69, 9.17) is 0 Å². The number of aromatic nitrogens is 2. The Labute approximate surface area is 289 Å². The first-order valence-corrected chi connectivity index (χ1v) is 21.3. The molecule has 0 fully saturated rings. The highest BCUT2D eigenvalue weighted by molar-refractivity contribution is 6.80. The highest BCUT2D eigenvalue weighted by Crippen LogP contribution is 2.55. The summed E-state index contributed by atoms with van der Waals surface area (Å²) in [6, 6.07) is 50.2. The maximum atomic E-state index is 2.72. The van der Waals surface area contributed by atoms with Gasteiger partial charge in [-0.25, -0.2) is 0 Å². The largest absolute Gasteiger partial charge is 0.309 e. The highest BCUT2D eigenvalue weighted by atomic mass is 28.3. The van der Waals surface area contributed by atoms with Crippen molar-refractivity contribution in [2.24, 2.45) is 11.8 Å². The number of para-hydroxylation sites is 4. The van der Waals surface area contributed by atoms with Gasteiger partial charge in [0.1, 0.15) is 0 Å². The van der Waals surface area contributed by atoms with Gasteiger partial charge in [-0.2, -0.15) is 0 Å². The van der Waals surface area contributed by atoms with Gasteiger partial charge >= 0.3 is 0 Å². The molecule has 6 aromatic carbocycles. The molecule has 2 aliphatic rings. The van der Waals surface area contributed by atoms with Crippen molar-refractivity contribution in [2.45, 2.75) is 50.9 Å². The zero-order valence-corrected chi connectivity index (χ0v) is 29.8. The minimum atomic E-state index is -1.91. The molecule has 0 radical (unpaired) electrons. The van der Waals surface area contributed by atoms with E-state index in [1.165, 1.54) is 55.0 Å². The third-order valence-corrected chi connectivity index (χ3v) is 17.4. The molecular weight excluding hydrogens is 609 g/mol. The van der Waals surface area contributed by atoms with Crippen LogP contribution in [0.3, 0.4) is 0 Å². The fourth-order valence-electron chi connectivity index (χ4n) is 10.9. The zero-order chi connectivity index (χ0) is 33.0. The summed E-state index contributed by atoms with van der Waals surface area (Å²) in [5.74, 6) is 1.23. The van der Waals surface area contributed by atoms with Crippen LogP contribution in [0.2, 0.25) is 13.1 Å². The maximum Gasteiger partial charge on any atom is 0.0634 e. The van der Waals surface area contributed by atoms with E-state index in [2.05, 4.69) is 170 Å². The Morgan fingerprint density at radius 1 is 0.429 bits per heavy atom. The van der Waals surface area contributed by atoms with Crippen LogP contribution in [0.15, 0.2) is 133 Å². The molecule has 0 amide bonds. The molecule has 0 saturated heterocycles.